The Bertz CT molecular complexity index is 596. The smallest absolute Gasteiger partial charge is 0.181 e. The molecule has 2 atom stereocenters. The zero-order valence-corrected chi connectivity index (χ0v) is 15.6. The van der Waals surface area contributed by atoms with E-state index in [9.17, 15) is 0 Å². The Labute approximate surface area is 151 Å². The van der Waals surface area contributed by atoms with Crippen LogP contribution >= 0.6 is 0 Å². The quantitative estimate of drug-likeness (QED) is 0.821. The molecule has 1 aliphatic heterocycles. The standard InChI is InChI=1S/C21H31N3O/c1-3-21(24-14-13-22-16-17(24)2)25-23-20-12-8-7-11-19(20)15-18-9-5-4-6-10-18/h4-6,9-10,15,17,21-22H,3,7-8,11-14,16H2,1-2H3/b19-15-,23-20-. The van der Waals surface area contributed by atoms with E-state index >= 15 is 0 Å². The summed E-state index contributed by atoms with van der Waals surface area (Å²) in [4.78, 5) is 8.49. The lowest BCUT2D eigenvalue weighted by Gasteiger charge is -2.38. The van der Waals surface area contributed by atoms with Gasteiger partial charge in [0.05, 0.1) is 5.71 Å². The van der Waals surface area contributed by atoms with Crippen molar-refractivity contribution < 1.29 is 4.84 Å². The van der Waals surface area contributed by atoms with Crippen LogP contribution < -0.4 is 5.32 Å². The summed E-state index contributed by atoms with van der Waals surface area (Å²) in [6, 6.07) is 11.0. The Kier molecular flexibility index (Phi) is 6.65. The largest absolute Gasteiger partial charge is 0.376 e. The summed E-state index contributed by atoms with van der Waals surface area (Å²) < 4.78 is 0. The molecule has 0 radical (unpaired) electrons. The fourth-order valence-corrected chi connectivity index (χ4v) is 3.70. The Morgan fingerprint density at radius 2 is 2.08 bits per heavy atom. The van der Waals surface area contributed by atoms with Crippen LogP contribution in [0.3, 0.4) is 0 Å². The van der Waals surface area contributed by atoms with Gasteiger partial charge in [-0.05, 0) is 56.2 Å². The van der Waals surface area contributed by atoms with E-state index in [2.05, 4.69) is 65.6 Å². The minimum atomic E-state index is 0.0736. The molecular weight excluding hydrogens is 310 g/mol. The van der Waals surface area contributed by atoms with E-state index in [1.807, 2.05) is 0 Å². The highest BCUT2D eigenvalue weighted by molar-refractivity contribution is 6.03. The van der Waals surface area contributed by atoms with Crippen molar-refractivity contribution in [2.45, 2.75) is 58.2 Å². The second-order valence-electron chi connectivity index (χ2n) is 7.08. The first-order valence-electron chi connectivity index (χ1n) is 9.73. The van der Waals surface area contributed by atoms with Crippen LogP contribution in [0.15, 0.2) is 41.1 Å². The number of piperazine rings is 1. The first kappa shape index (κ1) is 18.2. The maximum absolute atomic E-state index is 6.05. The molecule has 136 valence electrons. The van der Waals surface area contributed by atoms with Crippen LogP contribution in [0.1, 0.15) is 51.5 Å². The molecule has 3 rings (SSSR count). The number of rotatable bonds is 5. The molecular formula is C21H31N3O. The first-order chi connectivity index (χ1) is 12.3. The SMILES string of the molecule is CCC(O/N=C1/CCCC/C1=C/c1ccccc1)N1CCNCC1C. The number of allylic oxidation sites excluding steroid dienone is 1. The van der Waals surface area contributed by atoms with Gasteiger partial charge in [0.2, 0.25) is 0 Å². The first-order valence-corrected chi connectivity index (χ1v) is 9.73. The summed E-state index contributed by atoms with van der Waals surface area (Å²) in [5.74, 6) is 0. The number of hydrogen-bond donors (Lipinski definition) is 1. The third-order valence-electron chi connectivity index (χ3n) is 5.18. The van der Waals surface area contributed by atoms with Gasteiger partial charge in [0.15, 0.2) is 6.23 Å². The van der Waals surface area contributed by atoms with E-state index in [-0.39, 0.29) is 6.23 Å². The number of nitrogens with one attached hydrogen (secondary N) is 1. The monoisotopic (exact) mass is 341 g/mol. The molecule has 1 aromatic carbocycles. The van der Waals surface area contributed by atoms with Gasteiger partial charge in [0.25, 0.3) is 0 Å². The van der Waals surface area contributed by atoms with Gasteiger partial charge in [0.1, 0.15) is 0 Å². The number of hydrogen-bond acceptors (Lipinski definition) is 4. The van der Waals surface area contributed by atoms with Crippen LogP contribution in [0, 0.1) is 0 Å². The predicted octanol–water partition coefficient (Wildman–Crippen LogP) is 4.05. The molecule has 4 nitrogen and oxygen atoms in total. The maximum Gasteiger partial charge on any atom is 0.181 e. The lowest BCUT2D eigenvalue weighted by atomic mass is 9.91. The lowest BCUT2D eigenvalue weighted by Crippen LogP contribution is -2.54. The number of nitrogens with zero attached hydrogens (tertiary/aromatic N) is 2. The molecule has 0 bridgehead atoms. The van der Waals surface area contributed by atoms with E-state index in [0.717, 1.165) is 44.6 Å². The van der Waals surface area contributed by atoms with Gasteiger partial charge in [-0.15, -0.1) is 0 Å². The summed E-state index contributed by atoms with van der Waals surface area (Å²) in [5, 5.41) is 8.07. The van der Waals surface area contributed by atoms with Gasteiger partial charge < -0.3 is 10.2 Å². The molecule has 1 heterocycles. The number of benzene rings is 1. The van der Waals surface area contributed by atoms with E-state index in [0.29, 0.717) is 6.04 Å². The molecule has 0 aromatic heterocycles. The maximum atomic E-state index is 6.05. The van der Waals surface area contributed by atoms with E-state index in [1.165, 1.54) is 24.0 Å². The summed E-state index contributed by atoms with van der Waals surface area (Å²) in [7, 11) is 0. The number of oxime groups is 1. The van der Waals surface area contributed by atoms with Crippen LogP contribution in [-0.2, 0) is 4.84 Å². The van der Waals surface area contributed by atoms with Gasteiger partial charge in [-0.25, -0.2) is 0 Å². The Morgan fingerprint density at radius 1 is 1.28 bits per heavy atom. The third-order valence-corrected chi connectivity index (χ3v) is 5.18. The van der Waals surface area contributed by atoms with Crippen molar-refractivity contribution >= 4 is 11.8 Å². The van der Waals surface area contributed by atoms with E-state index < -0.39 is 0 Å². The highest BCUT2D eigenvalue weighted by Crippen LogP contribution is 2.24. The van der Waals surface area contributed by atoms with Crippen molar-refractivity contribution in [2.75, 3.05) is 19.6 Å². The Balaban J connectivity index is 1.72. The normalized spacial score (nSPS) is 26.7. The fourth-order valence-electron chi connectivity index (χ4n) is 3.70. The van der Waals surface area contributed by atoms with Crippen LogP contribution in [0.5, 0.6) is 0 Å². The van der Waals surface area contributed by atoms with Crippen molar-refractivity contribution in [2.24, 2.45) is 5.16 Å². The summed E-state index contributed by atoms with van der Waals surface area (Å²) in [5.41, 5.74) is 3.71. The van der Waals surface area contributed by atoms with Crippen molar-refractivity contribution in [3.05, 3.63) is 41.5 Å². The molecule has 0 spiro atoms. The molecule has 4 heteroatoms. The third kappa shape index (κ3) is 4.93. The zero-order valence-electron chi connectivity index (χ0n) is 15.6. The second kappa shape index (κ2) is 9.16. The van der Waals surface area contributed by atoms with E-state index in [1.54, 1.807) is 0 Å². The fraction of sp³-hybridized carbons (Fsp3) is 0.571. The zero-order chi connectivity index (χ0) is 17.5. The topological polar surface area (TPSA) is 36.9 Å². The highest BCUT2D eigenvalue weighted by Gasteiger charge is 2.26. The molecule has 1 aliphatic carbocycles. The molecule has 2 aliphatic rings. The molecule has 25 heavy (non-hydrogen) atoms. The van der Waals surface area contributed by atoms with Gasteiger partial charge in [0, 0.05) is 25.7 Å². The Hall–Kier alpha value is -1.65. The average molecular weight is 341 g/mol. The molecule has 1 saturated heterocycles. The minimum Gasteiger partial charge on any atom is -0.376 e. The predicted molar refractivity (Wildman–Crippen MR) is 105 cm³/mol. The van der Waals surface area contributed by atoms with Gasteiger partial charge >= 0.3 is 0 Å². The molecule has 1 saturated carbocycles. The van der Waals surface area contributed by atoms with Crippen LogP contribution in [0.2, 0.25) is 0 Å². The van der Waals surface area contributed by atoms with E-state index in [4.69, 9.17) is 4.84 Å². The second-order valence-corrected chi connectivity index (χ2v) is 7.08. The molecule has 1 aromatic rings. The van der Waals surface area contributed by atoms with Crippen molar-refractivity contribution in [1.82, 2.24) is 10.2 Å². The van der Waals surface area contributed by atoms with Crippen LogP contribution in [0.4, 0.5) is 0 Å². The average Bonchev–Trinajstić information content (AvgIpc) is 2.65. The van der Waals surface area contributed by atoms with Crippen molar-refractivity contribution in [3.8, 4) is 0 Å². The minimum absolute atomic E-state index is 0.0736. The molecule has 1 N–H and O–H groups in total. The van der Waals surface area contributed by atoms with Crippen LogP contribution in [0.25, 0.3) is 6.08 Å². The molecule has 2 fully saturated rings. The van der Waals surface area contributed by atoms with Crippen LogP contribution in [-0.4, -0.2) is 42.5 Å². The summed E-state index contributed by atoms with van der Waals surface area (Å²) >= 11 is 0. The van der Waals surface area contributed by atoms with Crippen molar-refractivity contribution in [1.29, 1.82) is 0 Å². The summed E-state index contributed by atoms with van der Waals surface area (Å²) in [6.45, 7) is 7.51. The molecule has 0 amide bonds. The van der Waals surface area contributed by atoms with Gasteiger partial charge in [-0.3, -0.25) is 4.90 Å². The molecule has 2 unspecified atom stereocenters. The lowest BCUT2D eigenvalue weighted by molar-refractivity contribution is -0.0828. The van der Waals surface area contributed by atoms with Crippen molar-refractivity contribution in [3.63, 3.8) is 0 Å². The Morgan fingerprint density at radius 3 is 2.84 bits per heavy atom. The highest BCUT2D eigenvalue weighted by atomic mass is 16.6. The van der Waals surface area contributed by atoms with Gasteiger partial charge in [-0.2, -0.15) is 0 Å². The van der Waals surface area contributed by atoms with Gasteiger partial charge in [-0.1, -0.05) is 42.4 Å². The summed E-state index contributed by atoms with van der Waals surface area (Å²) in [6.07, 6.45) is 7.86.